The van der Waals surface area contributed by atoms with Gasteiger partial charge in [-0.1, -0.05) is 18.1 Å². The first-order valence-electron chi connectivity index (χ1n) is 5.53. The highest BCUT2D eigenvalue weighted by Gasteiger charge is 2.14. The molecular weight excluding hydrogens is 282 g/mol. The standard InChI is InChI=1S/C11H13N5OS2/c1-2-18-7-4-3-5-8(9(7)10(12)16-17)19-11-13-6-14-15-11/h3-6,17H,2H2,1H3,(H2,12,16)(H,13,14,15). The average Bonchev–Trinajstić information content (AvgIpc) is 2.91. The summed E-state index contributed by atoms with van der Waals surface area (Å²) in [4.78, 5) is 5.90. The third kappa shape index (κ3) is 3.21. The van der Waals surface area contributed by atoms with Crippen molar-refractivity contribution in [1.82, 2.24) is 15.2 Å². The summed E-state index contributed by atoms with van der Waals surface area (Å²) in [5.74, 6) is 1.00. The Balaban J connectivity index is 2.44. The van der Waals surface area contributed by atoms with E-state index in [1.165, 1.54) is 18.1 Å². The number of aromatic nitrogens is 3. The summed E-state index contributed by atoms with van der Waals surface area (Å²) < 4.78 is 0. The van der Waals surface area contributed by atoms with Crippen LogP contribution in [0.3, 0.4) is 0 Å². The molecule has 0 saturated carbocycles. The maximum absolute atomic E-state index is 8.94. The van der Waals surface area contributed by atoms with Crippen LogP contribution in [0.1, 0.15) is 12.5 Å². The van der Waals surface area contributed by atoms with Gasteiger partial charge in [0.15, 0.2) is 11.0 Å². The van der Waals surface area contributed by atoms with Crippen molar-refractivity contribution in [2.24, 2.45) is 10.9 Å². The lowest BCUT2D eigenvalue weighted by atomic mass is 10.2. The fourth-order valence-electron chi connectivity index (χ4n) is 1.52. The molecule has 6 nitrogen and oxygen atoms in total. The van der Waals surface area contributed by atoms with Crippen LogP contribution in [0.25, 0.3) is 0 Å². The second kappa shape index (κ2) is 6.48. The molecule has 0 amide bonds. The summed E-state index contributed by atoms with van der Waals surface area (Å²) in [5, 5.41) is 19.3. The van der Waals surface area contributed by atoms with Crippen molar-refractivity contribution in [2.45, 2.75) is 21.9 Å². The molecule has 2 rings (SSSR count). The van der Waals surface area contributed by atoms with Crippen LogP contribution < -0.4 is 5.73 Å². The highest BCUT2D eigenvalue weighted by atomic mass is 32.2. The van der Waals surface area contributed by atoms with E-state index >= 15 is 0 Å². The predicted molar refractivity (Wildman–Crippen MR) is 75.9 cm³/mol. The van der Waals surface area contributed by atoms with Crippen molar-refractivity contribution in [3.63, 3.8) is 0 Å². The number of rotatable bonds is 5. The van der Waals surface area contributed by atoms with E-state index in [0.29, 0.717) is 5.16 Å². The zero-order chi connectivity index (χ0) is 13.7. The van der Waals surface area contributed by atoms with Crippen LogP contribution in [-0.2, 0) is 0 Å². The normalized spacial score (nSPS) is 11.7. The highest BCUT2D eigenvalue weighted by Crippen LogP contribution is 2.33. The minimum Gasteiger partial charge on any atom is -0.409 e. The third-order valence-electron chi connectivity index (χ3n) is 2.25. The number of nitrogens with zero attached hydrogens (tertiary/aromatic N) is 3. The molecule has 2 aromatic rings. The molecule has 0 spiro atoms. The second-order valence-electron chi connectivity index (χ2n) is 3.44. The van der Waals surface area contributed by atoms with Gasteiger partial charge in [-0.15, -0.1) is 11.8 Å². The Bertz CT molecular complexity index is 570. The summed E-state index contributed by atoms with van der Waals surface area (Å²) in [7, 11) is 0. The lowest BCUT2D eigenvalue weighted by Crippen LogP contribution is -2.15. The van der Waals surface area contributed by atoms with Gasteiger partial charge in [-0.05, 0) is 29.6 Å². The van der Waals surface area contributed by atoms with Gasteiger partial charge in [0.05, 0.1) is 0 Å². The highest BCUT2D eigenvalue weighted by molar-refractivity contribution is 8.00. The number of hydrogen-bond acceptors (Lipinski definition) is 6. The maximum atomic E-state index is 8.94. The van der Waals surface area contributed by atoms with E-state index in [-0.39, 0.29) is 5.84 Å². The van der Waals surface area contributed by atoms with Crippen LogP contribution in [0.4, 0.5) is 0 Å². The van der Waals surface area contributed by atoms with Crippen molar-refractivity contribution in [3.05, 3.63) is 30.1 Å². The van der Waals surface area contributed by atoms with Gasteiger partial charge in [-0.3, -0.25) is 5.10 Å². The Hall–Kier alpha value is -1.67. The van der Waals surface area contributed by atoms with Crippen LogP contribution in [-0.4, -0.2) is 32.0 Å². The summed E-state index contributed by atoms with van der Waals surface area (Å²) in [6.07, 6.45) is 1.44. The Morgan fingerprint density at radius 1 is 1.47 bits per heavy atom. The quantitative estimate of drug-likeness (QED) is 0.257. The van der Waals surface area contributed by atoms with Crippen LogP contribution in [0.2, 0.25) is 0 Å². The minimum atomic E-state index is 0.0959. The number of nitrogens with one attached hydrogen (secondary N) is 1. The molecule has 8 heteroatoms. The van der Waals surface area contributed by atoms with Gasteiger partial charge in [0.1, 0.15) is 6.33 Å². The van der Waals surface area contributed by atoms with E-state index in [1.54, 1.807) is 11.8 Å². The first-order chi connectivity index (χ1) is 9.26. The van der Waals surface area contributed by atoms with E-state index in [4.69, 9.17) is 10.9 Å². The van der Waals surface area contributed by atoms with Crippen molar-refractivity contribution in [2.75, 3.05) is 5.75 Å². The Kier molecular flexibility index (Phi) is 4.69. The zero-order valence-electron chi connectivity index (χ0n) is 10.2. The molecule has 0 aliphatic rings. The average molecular weight is 295 g/mol. The Morgan fingerprint density at radius 2 is 2.26 bits per heavy atom. The van der Waals surface area contributed by atoms with Crippen LogP contribution >= 0.6 is 23.5 Å². The van der Waals surface area contributed by atoms with Gasteiger partial charge in [-0.2, -0.15) is 5.10 Å². The molecule has 0 aliphatic carbocycles. The summed E-state index contributed by atoms with van der Waals surface area (Å²) in [6, 6.07) is 5.79. The molecule has 0 unspecified atom stereocenters. The van der Waals surface area contributed by atoms with Gasteiger partial charge in [0.25, 0.3) is 0 Å². The molecule has 100 valence electrons. The molecule has 19 heavy (non-hydrogen) atoms. The SMILES string of the molecule is CCSc1cccc(Sc2ncn[nH]2)c1/C(N)=N/O. The molecule has 0 radical (unpaired) electrons. The zero-order valence-corrected chi connectivity index (χ0v) is 11.8. The smallest absolute Gasteiger partial charge is 0.188 e. The van der Waals surface area contributed by atoms with E-state index < -0.39 is 0 Å². The number of hydrogen-bond donors (Lipinski definition) is 3. The van der Waals surface area contributed by atoms with Crippen molar-refractivity contribution >= 4 is 29.4 Å². The number of benzene rings is 1. The summed E-state index contributed by atoms with van der Waals surface area (Å²) >= 11 is 3.03. The molecule has 0 aliphatic heterocycles. The lowest BCUT2D eigenvalue weighted by Gasteiger charge is -2.11. The molecule has 1 heterocycles. The molecule has 1 aromatic carbocycles. The molecular formula is C11H13N5OS2. The molecule has 4 N–H and O–H groups in total. The first kappa shape index (κ1) is 13.8. The number of amidine groups is 1. The van der Waals surface area contributed by atoms with Crippen LogP contribution in [0.5, 0.6) is 0 Å². The summed E-state index contributed by atoms with van der Waals surface area (Å²) in [6.45, 7) is 2.05. The largest absolute Gasteiger partial charge is 0.409 e. The molecule has 0 fully saturated rings. The Morgan fingerprint density at radius 3 is 2.89 bits per heavy atom. The van der Waals surface area contributed by atoms with Gasteiger partial charge < -0.3 is 10.9 Å². The Labute approximate surface area is 118 Å². The number of oxime groups is 1. The lowest BCUT2D eigenvalue weighted by molar-refractivity contribution is 0.318. The number of aromatic amines is 1. The first-order valence-corrected chi connectivity index (χ1v) is 7.33. The number of thioether (sulfide) groups is 1. The molecule has 0 bridgehead atoms. The molecule has 1 aromatic heterocycles. The van der Waals surface area contributed by atoms with Gasteiger partial charge in [-0.25, -0.2) is 4.98 Å². The van der Waals surface area contributed by atoms with Gasteiger partial charge >= 0.3 is 0 Å². The maximum Gasteiger partial charge on any atom is 0.188 e. The van der Waals surface area contributed by atoms with Crippen LogP contribution in [0.15, 0.2) is 44.6 Å². The predicted octanol–water partition coefficient (Wildman–Crippen LogP) is 2.16. The van der Waals surface area contributed by atoms with E-state index in [2.05, 4.69) is 27.3 Å². The number of H-pyrrole nitrogens is 1. The monoisotopic (exact) mass is 295 g/mol. The van der Waals surface area contributed by atoms with Crippen LogP contribution in [0, 0.1) is 0 Å². The fourth-order valence-corrected chi connectivity index (χ4v) is 3.30. The molecule has 0 saturated heterocycles. The van der Waals surface area contributed by atoms with Crippen molar-refractivity contribution in [3.8, 4) is 0 Å². The van der Waals surface area contributed by atoms with Gasteiger partial charge in [0, 0.05) is 15.4 Å². The van der Waals surface area contributed by atoms with E-state index in [0.717, 1.165) is 21.1 Å². The topological polar surface area (TPSA) is 100 Å². The third-order valence-corrected chi connectivity index (χ3v) is 4.14. The van der Waals surface area contributed by atoms with Crippen molar-refractivity contribution < 1.29 is 5.21 Å². The minimum absolute atomic E-state index is 0.0959. The second-order valence-corrected chi connectivity index (χ2v) is 5.78. The molecule has 0 atom stereocenters. The summed E-state index contributed by atoms with van der Waals surface area (Å²) in [5.41, 5.74) is 6.50. The van der Waals surface area contributed by atoms with E-state index in [1.807, 2.05) is 18.2 Å². The van der Waals surface area contributed by atoms with E-state index in [9.17, 15) is 0 Å². The van der Waals surface area contributed by atoms with Gasteiger partial charge in [0.2, 0.25) is 0 Å². The fraction of sp³-hybridized carbons (Fsp3) is 0.182. The van der Waals surface area contributed by atoms with Crippen molar-refractivity contribution in [1.29, 1.82) is 0 Å². The number of nitrogens with two attached hydrogens (primary N) is 1.